The van der Waals surface area contributed by atoms with Gasteiger partial charge in [-0.1, -0.05) is 40.9 Å². The van der Waals surface area contributed by atoms with Crippen molar-refractivity contribution in [2.24, 2.45) is 16.7 Å². The van der Waals surface area contributed by atoms with E-state index in [-0.39, 0.29) is 24.5 Å². The molecule has 1 heterocycles. The Hall–Kier alpha value is -1.66. The lowest BCUT2D eigenvalue weighted by Gasteiger charge is -2.46. The topological polar surface area (TPSA) is 71.1 Å². The van der Waals surface area contributed by atoms with Crippen LogP contribution in [0.1, 0.15) is 34.1 Å². The van der Waals surface area contributed by atoms with Gasteiger partial charge >= 0.3 is 11.9 Å². The third kappa shape index (κ3) is 5.68. The molecule has 0 saturated carbocycles. The first-order valence-electron chi connectivity index (χ1n) is 8.52. The summed E-state index contributed by atoms with van der Waals surface area (Å²) in [4.78, 5) is 22.5. The second-order valence-corrected chi connectivity index (χ2v) is 7.21. The van der Waals surface area contributed by atoms with E-state index in [0.717, 1.165) is 18.6 Å². The molecule has 0 radical (unpaired) electrons. The van der Waals surface area contributed by atoms with Crippen molar-refractivity contribution in [3.8, 4) is 0 Å². The minimum Gasteiger partial charge on any atom is -0.462 e. The fraction of sp³-hybridized carbons (Fsp3) is 0.684. The molecule has 1 saturated heterocycles. The Kier molecular flexibility index (Phi) is 7.83. The molecule has 25 heavy (non-hydrogen) atoms. The van der Waals surface area contributed by atoms with Crippen LogP contribution in [0, 0.1) is 16.7 Å². The summed E-state index contributed by atoms with van der Waals surface area (Å²) in [6.45, 7) is 16.1. The normalized spacial score (nSPS) is 24.9. The molecule has 6 heteroatoms. The van der Waals surface area contributed by atoms with Crippen LogP contribution in [0.2, 0.25) is 0 Å². The van der Waals surface area contributed by atoms with Crippen LogP contribution >= 0.6 is 0 Å². The fourth-order valence-electron chi connectivity index (χ4n) is 2.69. The number of carbonyl (C=O) groups excluding carboxylic acids is 2. The van der Waals surface area contributed by atoms with Gasteiger partial charge in [-0.25, -0.2) is 9.59 Å². The number of carbonyl (C=O) groups is 2. The maximum atomic E-state index is 11.3. The van der Waals surface area contributed by atoms with Gasteiger partial charge in [-0.3, -0.25) is 0 Å². The number of ether oxygens (including phenoxy) is 4. The molecule has 0 amide bonds. The van der Waals surface area contributed by atoms with Gasteiger partial charge in [0.15, 0.2) is 6.29 Å². The van der Waals surface area contributed by atoms with Gasteiger partial charge in [-0.2, -0.15) is 0 Å². The number of esters is 2. The lowest BCUT2D eigenvalue weighted by Crippen LogP contribution is -2.51. The third-order valence-corrected chi connectivity index (χ3v) is 4.83. The highest BCUT2D eigenvalue weighted by atomic mass is 16.7. The Morgan fingerprint density at radius 2 is 1.72 bits per heavy atom. The Balaban J connectivity index is 2.63. The molecule has 0 spiro atoms. The second kappa shape index (κ2) is 9.15. The van der Waals surface area contributed by atoms with Crippen molar-refractivity contribution in [2.45, 2.75) is 40.4 Å². The summed E-state index contributed by atoms with van der Waals surface area (Å²) < 4.78 is 22.2. The van der Waals surface area contributed by atoms with Crippen molar-refractivity contribution in [1.82, 2.24) is 0 Å². The van der Waals surface area contributed by atoms with E-state index in [9.17, 15) is 9.59 Å². The van der Waals surface area contributed by atoms with Gasteiger partial charge in [0.1, 0.15) is 6.61 Å². The molecule has 142 valence electrons. The van der Waals surface area contributed by atoms with Crippen LogP contribution in [0.4, 0.5) is 0 Å². The lowest BCUT2D eigenvalue weighted by molar-refractivity contribution is -0.284. The maximum Gasteiger partial charge on any atom is 0.330 e. The molecule has 1 atom stereocenters. The van der Waals surface area contributed by atoms with Crippen molar-refractivity contribution in [3.63, 3.8) is 0 Å². The Bertz CT molecular complexity index is 488. The molecule has 1 fully saturated rings. The molecule has 0 bridgehead atoms. The first-order chi connectivity index (χ1) is 11.7. The van der Waals surface area contributed by atoms with Crippen LogP contribution in [-0.2, 0) is 28.5 Å². The largest absolute Gasteiger partial charge is 0.462 e. The predicted molar refractivity (Wildman–Crippen MR) is 93.7 cm³/mol. The Labute approximate surface area is 150 Å². The zero-order valence-electron chi connectivity index (χ0n) is 15.7. The van der Waals surface area contributed by atoms with Gasteiger partial charge in [0.2, 0.25) is 0 Å². The van der Waals surface area contributed by atoms with Gasteiger partial charge in [0, 0.05) is 28.9 Å². The average molecular weight is 354 g/mol. The molecule has 0 N–H and O–H groups in total. The highest BCUT2D eigenvalue weighted by Crippen LogP contribution is 2.40. The van der Waals surface area contributed by atoms with Crippen molar-refractivity contribution >= 4 is 11.9 Å². The minimum atomic E-state index is -0.489. The monoisotopic (exact) mass is 354 g/mol. The predicted octanol–water partition coefficient (Wildman–Crippen LogP) is 2.88. The second-order valence-electron chi connectivity index (χ2n) is 7.21. The summed E-state index contributed by atoms with van der Waals surface area (Å²) in [5.41, 5.74) is -0.719. The zero-order valence-corrected chi connectivity index (χ0v) is 15.7. The van der Waals surface area contributed by atoms with E-state index in [4.69, 9.17) is 18.9 Å². The summed E-state index contributed by atoms with van der Waals surface area (Å²) in [6.07, 6.45) is 2.64. The summed E-state index contributed by atoms with van der Waals surface area (Å²) in [7, 11) is 0. The van der Waals surface area contributed by atoms with Crippen LogP contribution in [0.15, 0.2) is 25.3 Å². The molecule has 0 aliphatic carbocycles. The third-order valence-electron chi connectivity index (χ3n) is 4.83. The van der Waals surface area contributed by atoms with Crippen molar-refractivity contribution in [3.05, 3.63) is 25.3 Å². The van der Waals surface area contributed by atoms with Crippen molar-refractivity contribution in [2.75, 3.05) is 26.4 Å². The average Bonchev–Trinajstić information content (AvgIpc) is 2.63. The van der Waals surface area contributed by atoms with Crippen molar-refractivity contribution in [1.29, 1.82) is 0 Å². The molecular weight excluding hydrogens is 324 g/mol. The Morgan fingerprint density at radius 1 is 1.20 bits per heavy atom. The van der Waals surface area contributed by atoms with Crippen LogP contribution < -0.4 is 0 Å². The molecule has 6 nitrogen and oxygen atoms in total. The van der Waals surface area contributed by atoms with Crippen LogP contribution in [-0.4, -0.2) is 44.7 Å². The summed E-state index contributed by atoms with van der Waals surface area (Å²) in [5.74, 6) is -0.827. The minimum absolute atomic E-state index is 0.0732. The number of hydrogen-bond donors (Lipinski definition) is 0. The highest BCUT2D eigenvalue weighted by Gasteiger charge is 2.45. The summed E-state index contributed by atoms with van der Waals surface area (Å²) >= 11 is 0. The van der Waals surface area contributed by atoms with E-state index in [1.165, 1.54) is 0 Å². The van der Waals surface area contributed by atoms with E-state index in [2.05, 4.69) is 20.1 Å². The van der Waals surface area contributed by atoms with Crippen LogP contribution in [0.5, 0.6) is 0 Å². The van der Waals surface area contributed by atoms with E-state index in [0.29, 0.717) is 13.2 Å². The van der Waals surface area contributed by atoms with E-state index in [1.54, 1.807) is 0 Å². The SMILES string of the molecule is C=CC(=O)OCC(C)C1(CC)COC(C(C)(C)COC(=O)C=C)OC1. The quantitative estimate of drug-likeness (QED) is 0.468. The molecular formula is C19H30O6. The molecule has 1 aliphatic rings. The molecule has 1 aliphatic heterocycles. The maximum absolute atomic E-state index is 11.3. The molecule has 1 unspecified atom stereocenters. The smallest absolute Gasteiger partial charge is 0.330 e. The molecule has 0 aromatic rings. The first kappa shape index (κ1) is 21.4. The summed E-state index contributed by atoms with van der Waals surface area (Å²) in [5, 5.41) is 0. The van der Waals surface area contributed by atoms with E-state index >= 15 is 0 Å². The Morgan fingerprint density at radius 3 is 2.20 bits per heavy atom. The fourth-order valence-corrected chi connectivity index (χ4v) is 2.69. The first-order valence-corrected chi connectivity index (χ1v) is 8.52. The molecule has 0 aromatic carbocycles. The van der Waals surface area contributed by atoms with E-state index in [1.807, 2.05) is 20.8 Å². The molecule has 0 aromatic heterocycles. The standard InChI is InChI=1S/C19H30O6/c1-7-15(20)22-10-14(4)19(9-3)12-24-17(25-13-19)18(5,6)11-23-16(21)8-2/h7-8,14,17H,1-2,9-13H2,3-6H3. The van der Waals surface area contributed by atoms with Crippen LogP contribution in [0.3, 0.4) is 0 Å². The molecule has 1 rings (SSSR count). The van der Waals surface area contributed by atoms with Gasteiger partial charge in [-0.05, 0) is 6.42 Å². The van der Waals surface area contributed by atoms with E-state index < -0.39 is 23.6 Å². The van der Waals surface area contributed by atoms with Crippen LogP contribution in [0.25, 0.3) is 0 Å². The zero-order chi connectivity index (χ0) is 19.1. The number of hydrogen-bond acceptors (Lipinski definition) is 6. The highest BCUT2D eigenvalue weighted by molar-refractivity contribution is 5.81. The van der Waals surface area contributed by atoms with Gasteiger partial charge in [0.25, 0.3) is 0 Å². The summed E-state index contributed by atoms with van der Waals surface area (Å²) in [6, 6.07) is 0. The number of rotatable bonds is 9. The lowest BCUT2D eigenvalue weighted by atomic mass is 9.75. The van der Waals surface area contributed by atoms with Crippen molar-refractivity contribution < 1.29 is 28.5 Å². The van der Waals surface area contributed by atoms with Gasteiger partial charge in [-0.15, -0.1) is 0 Å². The van der Waals surface area contributed by atoms with Gasteiger partial charge < -0.3 is 18.9 Å². The van der Waals surface area contributed by atoms with Gasteiger partial charge in [0.05, 0.1) is 19.8 Å².